The Hall–Kier alpha value is -0.180. The van der Waals surface area contributed by atoms with Crippen molar-refractivity contribution in [2.45, 2.75) is 26.2 Å². The van der Waals surface area contributed by atoms with Crippen LogP contribution in [0.15, 0.2) is 0 Å². The highest BCUT2D eigenvalue weighted by atomic mass is 32.1. The summed E-state index contributed by atoms with van der Waals surface area (Å²) in [6.45, 7) is 3.13. The molecular formula is C9H17NOS. The van der Waals surface area contributed by atoms with Crippen molar-refractivity contribution in [1.82, 2.24) is 5.32 Å². The zero-order valence-electron chi connectivity index (χ0n) is 7.55. The third kappa shape index (κ3) is 3.05. The Balaban J connectivity index is 2.11. The molecule has 1 N–H and O–H groups in total. The molecule has 0 aliphatic heterocycles. The lowest BCUT2D eigenvalue weighted by Gasteiger charge is -2.09. The van der Waals surface area contributed by atoms with Crippen LogP contribution in [0.2, 0.25) is 0 Å². The first-order chi connectivity index (χ1) is 5.72. The molecule has 2 atom stereocenters. The highest BCUT2D eigenvalue weighted by Crippen LogP contribution is 2.29. The number of thiol groups is 1. The van der Waals surface area contributed by atoms with Crippen LogP contribution in [0.4, 0.5) is 0 Å². The van der Waals surface area contributed by atoms with E-state index in [9.17, 15) is 4.79 Å². The number of carbonyl (C=O) groups is 1. The summed E-state index contributed by atoms with van der Waals surface area (Å²) >= 11 is 3.90. The van der Waals surface area contributed by atoms with Gasteiger partial charge >= 0.3 is 0 Å². The molecule has 1 rings (SSSR count). The Morgan fingerprint density at radius 2 is 2.33 bits per heavy atom. The first-order valence-corrected chi connectivity index (χ1v) is 5.23. The van der Waals surface area contributed by atoms with Gasteiger partial charge in [-0.3, -0.25) is 4.79 Å². The van der Waals surface area contributed by atoms with E-state index in [1.165, 1.54) is 19.3 Å². The lowest BCUT2D eigenvalue weighted by atomic mass is 10.1. The molecule has 0 spiro atoms. The van der Waals surface area contributed by atoms with Gasteiger partial charge in [-0.2, -0.15) is 12.6 Å². The van der Waals surface area contributed by atoms with Gasteiger partial charge in [-0.25, -0.2) is 0 Å². The van der Waals surface area contributed by atoms with Crippen LogP contribution < -0.4 is 5.32 Å². The first-order valence-electron chi connectivity index (χ1n) is 4.60. The number of hydrogen-bond donors (Lipinski definition) is 2. The molecule has 1 amide bonds. The van der Waals surface area contributed by atoms with Crippen LogP contribution >= 0.6 is 12.6 Å². The molecule has 0 aromatic heterocycles. The molecule has 1 aliphatic rings. The maximum Gasteiger partial charge on any atom is 0.229 e. The minimum Gasteiger partial charge on any atom is -0.355 e. The average molecular weight is 187 g/mol. The second-order valence-electron chi connectivity index (χ2n) is 3.75. The van der Waals surface area contributed by atoms with Gasteiger partial charge in [-0.1, -0.05) is 13.3 Å². The van der Waals surface area contributed by atoms with Crippen molar-refractivity contribution in [3.8, 4) is 0 Å². The maximum absolute atomic E-state index is 10.9. The monoisotopic (exact) mass is 187 g/mol. The summed E-state index contributed by atoms with van der Waals surface area (Å²) in [5.41, 5.74) is 0. The summed E-state index contributed by atoms with van der Waals surface area (Å²) in [6.07, 6.45) is 3.86. The number of hydrogen-bond acceptors (Lipinski definition) is 2. The molecule has 0 aromatic rings. The predicted molar refractivity (Wildman–Crippen MR) is 53.4 cm³/mol. The summed E-state index contributed by atoms with van der Waals surface area (Å²) < 4.78 is 0. The molecule has 1 fully saturated rings. The van der Waals surface area contributed by atoms with Gasteiger partial charge in [0.2, 0.25) is 5.91 Å². The molecule has 0 aromatic carbocycles. The van der Waals surface area contributed by atoms with Gasteiger partial charge in [0.05, 0.1) is 5.75 Å². The third-order valence-electron chi connectivity index (χ3n) is 2.53. The molecule has 3 heteroatoms. The van der Waals surface area contributed by atoms with Crippen LogP contribution in [0.1, 0.15) is 26.2 Å². The molecule has 0 bridgehead atoms. The van der Waals surface area contributed by atoms with Gasteiger partial charge in [-0.15, -0.1) is 0 Å². The lowest BCUT2D eigenvalue weighted by Crippen LogP contribution is -2.29. The summed E-state index contributed by atoms with van der Waals surface area (Å²) in [5, 5.41) is 2.88. The zero-order valence-corrected chi connectivity index (χ0v) is 8.44. The van der Waals surface area contributed by atoms with Crippen molar-refractivity contribution in [3.63, 3.8) is 0 Å². The fourth-order valence-corrected chi connectivity index (χ4v) is 1.94. The summed E-state index contributed by atoms with van der Waals surface area (Å²) in [5.74, 6) is 1.92. The molecule has 0 radical (unpaired) electrons. The van der Waals surface area contributed by atoms with E-state index in [0.717, 1.165) is 12.5 Å². The van der Waals surface area contributed by atoms with Gasteiger partial charge in [0.15, 0.2) is 0 Å². The topological polar surface area (TPSA) is 29.1 Å². The minimum atomic E-state index is 0.0536. The minimum absolute atomic E-state index is 0.0536. The molecule has 0 saturated heterocycles. The van der Waals surface area contributed by atoms with Crippen LogP contribution in [0.3, 0.4) is 0 Å². The van der Waals surface area contributed by atoms with Crippen LogP contribution in [-0.2, 0) is 4.79 Å². The van der Waals surface area contributed by atoms with Gasteiger partial charge in [0.25, 0.3) is 0 Å². The van der Waals surface area contributed by atoms with Crippen molar-refractivity contribution in [3.05, 3.63) is 0 Å². The van der Waals surface area contributed by atoms with E-state index < -0.39 is 0 Å². The van der Waals surface area contributed by atoms with E-state index in [2.05, 4.69) is 24.9 Å². The van der Waals surface area contributed by atoms with Crippen LogP contribution in [0.5, 0.6) is 0 Å². The van der Waals surface area contributed by atoms with Crippen molar-refractivity contribution in [1.29, 1.82) is 0 Å². The van der Waals surface area contributed by atoms with Crippen LogP contribution in [0.25, 0.3) is 0 Å². The van der Waals surface area contributed by atoms with E-state index in [-0.39, 0.29) is 5.91 Å². The number of carbonyl (C=O) groups excluding carboxylic acids is 1. The average Bonchev–Trinajstić information content (AvgIpc) is 2.47. The molecule has 1 aliphatic carbocycles. The van der Waals surface area contributed by atoms with E-state index in [1.54, 1.807) is 0 Å². The highest BCUT2D eigenvalue weighted by Gasteiger charge is 2.21. The fraction of sp³-hybridized carbons (Fsp3) is 0.889. The number of rotatable bonds is 3. The van der Waals surface area contributed by atoms with E-state index in [1.807, 2.05) is 0 Å². The maximum atomic E-state index is 10.9. The highest BCUT2D eigenvalue weighted by molar-refractivity contribution is 7.81. The third-order valence-corrected chi connectivity index (χ3v) is 2.82. The second-order valence-corrected chi connectivity index (χ2v) is 4.06. The summed E-state index contributed by atoms with van der Waals surface area (Å²) in [4.78, 5) is 10.9. The Morgan fingerprint density at radius 3 is 2.83 bits per heavy atom. The molecule has 70 valence electrons. The Morgan fingerprint density at radius 1 is 1.58 bits per heavy atom. The quantitative estimate of drug-likeness (QED) is 0.644. The lowest BCUT2D eigenvalue weighted by molar-refractivity contribution is -0.118. The fourth-order valence-electron chi connectivity index (χ4n) is 1.82. The molecule has 2 nitrogen and oxygen atoms in total. The largest absolute Gasteiger partial charge is 0.355 e. The van der Waals surface area contributed by atoms with E-state index in [0.29, 0.717) is 11.7 Å². The second kappa shape index (κ2) is 4.75. The molecule has 2 unspecified atom stereocenters. The van der Waals surface area contributed by atoms with Gasteiger partial charge < -0.3 is 5.32 Å². The van der Waals surface area contributed by atoms with Gasteiger partial charge in [0, 0.05) is 6.54 Å². The van der Waals surface area contributed by atoms with Crippen molar-refractivity contribution >= 4 is 18.5 Å². The van der Waals surface area contributed by atoms with Gasteiger partial charge in [-0.05, 0) is 24.7 Å². The van der Waals surface area contributed by atoms with Crippen molar-refractivity contribution in [2.75, 3.05) is 12.3 Å². The van der Waals surface area contributed by atoms with Gasteiger partial charge in [0.1, 0.15) is 0 Å². The molecule has 0 heterocycles. The summed E-state index contributed by atoms with van der Waals surface area (Å²) in [7, 11) is 0. The van der Waals surface area contributed by atoms with E-state index in [4.69, 9.17) is 0 Å². The van der Waals surface area contributed by atoms with Crippen molar-refractivity contribution < 1.29 is 4.79 Å². The Bertz CT molecular complexity index is 161. The molecule has 1 saturated carbocycles. The normalized spacial score (nSPS) is 28.8. The van der Waals surface area contributed by atoms with Crippen LogP contribution in [-0.4, -0.2) is 18.2 Å². The molecule has 12 heavy (non-hydrogen) atoms. The first kappa shape index (κ1) is 9.90. The zero-order chi connectivity index (χ0) is 8.97. The SMILES string of the molecule is CC1CCC(CNC(=O)CS)C1. The predicted octanol–water partition coefficient (Wildman–Crippen LogP) is 1.47. The number of nitrogens with one attached hydrogen (secondary N) is 1. The Labute approximate surface area is 79.5 Å². The van der Waals surface area contributed by atoms with E-state index >= 15 is 0 Å². The van der Waals surface area contributed by atoms with Crippen molar-refractivity contribution in [2.24, 2.45) is 11.8 Å². The standard InChI is InChI=1S/C9H17NOS/c1-7-2-3-8(4-7)5-10-9(11)6-12/h7-8,12H,2-6H2,1H3,(H,10,11). The number of amides is 1. The molecular weight excluding hydrogens is 170 g/mol. The smallest absolute Gasteiger partial charge is 0.229 e. The Kier molecular flexibility index (Phi) is 3.92. The van der Waals surface area contributed by atoms with Crippen LogP contribution in [0, 0.1) is 11.8 Å². The summed E-state index contributed by atoms with van der Waals surface area (Å²) in [6, 6.07) is 0.